The van der Waals surface area contributed by atoms with E-state index < -0.39 is 0 Å². The number of nitrogen functional groups attached to an aromatic ring is 1. The number of nitrogens with zero attached hydrogens (tertiary/aromatic N) is 2. The summed E-state index contributed by atoms with van der Waals surface area (Å²) >= 11 is 0. The Morgan fingerprint density at radius 1 is 1.30 bits per heavy atom. The lowest BCUT2D eigenvalue weighted by Gasteiger charge is -2.19. The first-order chi connectivity index (χ1) is 9.50. The Morgan fingerprint density at radius 2 is 1.95 bits per heavy atom. The highest BCUT2D eigenvalue weighted by Crippen LogP contribution is 2.23. The van der Waals surface area contributed by atoms with Crippen LogP contribution in [0.4, 0.5) is 5.82 Å². The number of anilines is 1. The zero-order valence-electron chi connectivity index (χ0n) is 12.3. The van der Waals surface area contributed by atoms with Gasteiger partial charge in [0.05, 0.1) is 5.56 Å². The summed E-state index contributed by atoms with van der Waals surface area (Å²) in [5, 5.41) is 1.69. The van der Waals surface area contributed by atoms with E-state index >= 15 is 0 Å². The Hall–Kier alpha value is -2.10. The molecule has 0 saturated carbocycles. The van der Waals surface area contributed by atoms with Gasteiger partial charge in [0.15, 0.2) is 0 Å². The third kappa shape index (κ3) is 2.90. The zero-order valence-corrected chi connectivity index (χ0v) is 12.3. The van der Waals surface area contributed by atoms with Crippen LogP contribution in [0.25, 0.3) is 10.8 Å². The number of hydrogen-bond donors (Lipinski definition) is 1. The Morgan fingerprint density at radius 3 is 2.60 bits per heavy atom. The van der Waals surface area contributed by atoms with E-state index in [0.29, 0.717) is 17.3 Å². The maximum atomic E-state index is 12.5. The second-order valence-electron chi connectivity index (χ2n) is 5.51. The molecule has 2 aromatic rings. The van der Waals surface area contributed by atoms with Crippen LogP contribution in [0.2, 0.25) is 0 Å². The van der Waals surface area contributed by atoms with E-state index in [-0.39, 0.29) is 5.91 Å². The number of hydrogen-bond acceptors (Lipinski definition) is 3. The van der Waals surface area contributed by atoms with Crippen molar-refractivity contribution in [1.29, 1.82) is 0 Å². The Bertz CT molecular complexity index is 622. The molecule has 0 saturated heterocycles. The van der Waals surface area contributed by atoms with Crippen molar-refractivity contribution in [1.82, 2.24) is 9.88 Å². The molecule has 2 N–H and O–H groups in total. The minimum atomic E-state index is -0.00523. The largest absolute Gasteiger partial charge is 0.383 e. The highest BCUT2D eigenvalue weighted by molar-refractivity contribution is 6.08. The van der Waals surface area contributed by atoms with Gasteiger partial charge in [0.2, 0.25) is 0 Å². The predicted octanol–water partition coefficient (Wildman–Crippen LogP) is 2.94. The second kappa shape index (κ2) is 5.90. The van der Waals surface area contributed by atoms with Crippen LogP contribution in [0.1, 0.15) is 30.6 Å². The molecule has 0 radical (unpaired) electrons. The molecule has 1 amide bonds. The number of pyridine rings is 1. The fourth-order valence-electron chi connectivity index (χ4n) is 2.14. The Balaban J connectivity index is 2.33. The third-order valence-electron chi connectivity index (χ3n) is 3.44. The van der Waals surface area contributed by atoms with Crippen molar-refractivity contribution in [3.63, 3.8) is 0 Å². The number of aromatic nitrogens is 1. The summed E-state index contributed by atoms with van der Waals surface area (Å²) in [6.07, 6.45) is 2.56. The number of rotatable bonds is 4. The third-order valence-corrected chi connectivity index (χ3v) is 3.44. The standard InChI is InChI=1S/C16H21N3O/c1-11(2)8-9-19(3)16(20)14-10-18-15(17)13-7-5-4-6-12(13)14/h4-7,10-11H,8-9H2,1-3H3,(H2,17,18). The summed E-state index contributed by atoms with van der Waals surface area (Å²) in [6, 6.07) is 7.61. The topological polar surface area (TPSA) is 59.2 Å². The van der Waals surface area contributed by atoms with Crippen LogP contribution in [0, 0.1) is 5.92 Å². The maximum absolute atomic E-state index is 12.5. The SMILES string of the molecule is CC(C)CCN(C)C(=O)c1cnc(N)c2ccccc12. The van der Waals surface area contributed by atoms with Crippen LogP contribution in [0.15, 0.2) is 30.5 Å². The molecule has 0 bridgehead atoms. The van der Waals surface area contributed by atoms with Gasteiger partial charge in [0, 0.05) is 25.2 Å². The van der Waals surface area contributed by atoms with Crippen LogP contribution in [-0.4, -0.2) is 29.4 Å². The van der Waals surface area contributed by atoms with Gasteiger partial charge in [-0.05, 0) is 17.7 Å². The molecule has 20 heavy (non-hydrogen) atoms. The van der Waals surface area contributed by atoms with E-state index in [1.165, 1.54) is 0 Å². The highest BCUT2D eigenvalue weighted by atomic mass is 16.2. The van der Waals surface area contributed by atoms with Crippen LogP contribution in [-0.2, 0) is 0 Å². The molecule has 0 atom stereocenters. The van der Waals surface area contributed by atoms with Crippen LogP contribution in [0.3, 0.4) is 0 Å². The van der Waals surface area contributed by atoms with Crippen LogP contribution in [0.5, 0.6) is 0 Å². The lowest BCUT2D eigenvalue weighted by molar-refractivity contribution is 0.0791. The molecule has 4 nitrogen and oxygen atoms in total. The van der Waals surface area contributed by atoms with E-state index in [4.69, 9.17) is 5.73 Å². The molecular formula is C16H21N3O. The molecule has 1 aromatic carbocycles. The van der Waals surface area contributed by atoms with Crippen molar-refractivity contribution in [2.45, 2.75) is 20.3 Å². The molecule has 4 heteroatoms. The van der Waals surface area contributed by atoms with E-state index in [0.717, 1.165) is 23.7 Å². The number of benzene rings is 1. The summed E-state index contributed by atoms with van der Waals surface area (Å²) in [7, 11) is 1.83. The van der Waals surface area contributed by atoms with Crippen molar-refractivity contribution >= 4 is 22.5 Å². The number of carbonyl (C=O) groups excluding carboxylic acids is 1. The van der Waals surface area contributed by atoms with Gasteiger partial charge < -0.3 is 10.6 Å². The van der Waals surface area contributed by atoms with Crippen molar-refractivity contribution < 1.29 is 4.79 Å². The number of carbonyl (C=O) groups is 1. The lowest BCUT2D eigenvalue weighted by atomic mass is 10.1. The first-order valence-electron chi connectivity index (χ1n) is 6.89. The molecule has 0 aliphatic rings. The second-order valence-corrected chi connectivity index (χ2v) is 5.51. The monoisotopic (exact) mass is 271 g/mol. The van der Waals surface area contributed by atoms with Gasteiger partial charge in [-0.2, -0.15) is 0 Å². The normalized spacial score (nSPS) is 11.0. The van der Waals surface area contributed by atoms with E-state index in [1.54, 1.807) is 11.1 Å². The average molecular weight is 271 g/mol. The van der Waals surface area contributed by atoms with Gasteiger partial charge >= 0.3 is 0 Å². The summed E-state index contributed by atoms with van der Waals surface area (Å²) in [6.45, 7) is 5.05. The number of amides is 1. The van der Waals surface area contributed by atoms with E-state index in [1.807, 2.05) is 31.3 Å². The molecule has 0 fully saturated rings. The summed E-state index contributed by atoms with van der Waals surface area (Å²) in [4.78, 5) is 18.4. The predicted molar refractivity (Wildman–Crippen MR) is 82.6 cm³/mol. The number of nitrogens with two attached hydrogens (primary N) is 1. The fraction of sp³-hybridized carbons (Fsp3) is 0.375. The highest BCUT2D eigenvalue weighted by Gasteiger charge is 2.16. The van der Waals surface area contributed by atoms with Crippen molar-refractivity contribution in [3.8, 4) is 0 Å². The van der Waals surface area contributed by atoms with Gasteiger partial charge in [-0.1, -0.05) is 38.1 Å². The van der Waals surface area contributed by atoms with E-state index in [9.17, 15) is 4.79 Å². The Kier molecular flexibility index (Phi) is 4.23. The summed E-state index contributed by atoms with van der Waals surface area (Å²) in [5.74, 6) is 1.03. The lowest BCUT2D eigenvalue weighted by Crippen LogP contribution is -2.28. The van der Waals surface area contributed by atoms with Gasteiger partial charge in [0.1, 0.15) is 5.82 Å². The molecular weight excluding hydrogens is 250 g/mol. The fourth-order valence-corrected chi connectivity index (χ4v) is 2.14. The number of fused-ring (bicyclic) bond motifs is 1. The first kappa shape index (κ1) is 14.3. The van der Waals surface area contributed by atoms with Gasteiger partial charge in [0.25, 0.3) is 5.91 Å². The van der Waals surface area contributed by atoms with Crippen molar-refractivity contribution in [2.24, 2.45) is 5.92 Å². The average Bonchev–Trinajstić information content (AvgIpc) is 2.44. The molecule has 0 aliphatic carbocycles. The molecule has 0 aliphatic heterocycles. The smallest absolute Gasteiger partial charge is 0.255 e. The van der Waals surface area contributed by atoms with Gasteiger partial charge in [-0.3, -0.25) is 4.79 Å². The summed E-state index contributed by atoms with van der Waals surface area (Å²) in [5.41, 5.74) is 6.48. The van der Waals surface area contributed by atoms with Gasteiger partial charge in [-0.25, -0.2) is 4.98 Å². The molecule has 2 rings (SSSR count). The molecule has 1 heterocycles. The molecule has 106 valence electrons. The molecule has 0 unspecified atom stereocenters. The van der Waals surface area contributed by atoms with Crippen LogP contribution < -0.4 is 5.73 Å². The van der Waals surface area contributed by atoms with Crippen molar-refractivity contribution in [3.05, 3.63) is 36.0 Å². The van der Waals surface area contributed by atoms with E-state index in [2.05, 4.69) is 18.8 Å². The quantitative estimate of drug-likeness (QED) is 0.930. The van der Waals surface area contributed by atoms with Crippen molar-refractivity contribution in [2.75, 3.05) is 19.3 Å². The molecule has 0 spiro atoms. The zero-order chi connectivity index (χ0) is 14.7. The minimum Gasteiger partial charge on any atom is -0.383 e. The minimum absolute atomic E-state index is 0.00523. The maximum Gasteiger partial charge on any atom is 0.255 e. The molecule has 1 aromatic heterocycles. The Labute approximate surface area is 119 Å². The van der Waals surface area contributed by atoms with Gasteiger partial charge in [-0.15, -0.1) is 0 Å². The first-order valence-corrected chi connectivity index (χ1v) is 6.89. The summed E-state index contributed by atoms with van der Waals surface area (Å²) < 4.78 is 0. The van der Waals surface area contributed by atoms with Crippen LogP contribution >= 0.6 is 0 Å².